The maximum Gasteiger partial charge on any atom is 0.227 e. The second-order valence-corrected chi connectivity index (χ2v) is 6.57. The normalized spacial score (nSPS) is 21.9. The molecular formula is C19H28N2O3. The van der Waals surface area contributed by atoms with Gasteiger partial charge in [-0.2, -0.15) is 0 Å². The Morgan fingerprint density at radius 1 is 1.21 bits per heavy atom. The van der Waals surface area contributed by atoms with Crippen molar-refractivity contribution in [3.63, 3.8) is 0 Å². The zero-order valence-corrected chi connectivity index (χ0v) is 14.6. The van der Waals surface area contributed by atoms with Crippen molar-refractivity contribution in [3.8, 4) is 5.75 Å². The number of nitrogens with zero attached hydrogens (tertiary/aromatic N) is 2. The number of piperazine rings is 1. The molecule has 1 unspecified atom stereocenters. The Kier molecular flexibility index (Phi) is 6.10. The average molecular weight is 332 g/mol. The lowest BCUT2D eigenvalue weighted by Gasteiger charge is -2.35. The SMILES string of the molecule is CCOc1ccc(CC(=O)N2CCN(CC3CCCO3)CC2)cc1. The molecule has 0 radical (unpaired) electrons. The second-order valence-electron chi connectivity index (χ2n) is 6.57. The molecule has 2 heterocycles. The molecule has 24 heavy (non-hydrogen) atoms. The van der Waals surface area contributed by atoms with Gasteiger partial charge in [-0.05, 0) is 37.5 Å². The van der Waals surface area contributed by atoms with Crippen LogP contribution < -0.4 is 4.74 Å². The first-order valence-electron chi connectivity index (χ1n) is 9.08. The van der Waals surface area contributed by atoms with Crippen molar-refractivity contribution < 1.29 is 14.3 Å². The summed E-state index contributed by atoms with van der Waals surface area (Å²) in [7, 11) is 0. The molecule has 2 fully saturated rings. The summed E-state index contributed by atoms with van der Waals surface area (Å²) < 4.78 is 11.1. The molecule has 0 bridgehead atoms. The Bertz CT molecular complexity index is 518. The van der Waals surface area contributed by atoms with Crippen molar-refractivity contribution in [2.24, 2.45) is 0 Å². The molecule has 5 nitrogen and oxygen atoms in total. The highest BCUT2D eigenvalue weighted by molar-refractivity contribution is 5.78. The summed E-state index contributed by atoms with van der Waals surface area (Å²) in [6, 6.07) is 7.84. The highest BCUT2D eigenvalue weighted by Crippen LogP contribution is 2.16. The third kappa shape index (κ3) is 4.71. The molecule has 1 aromatic carbocycles. The molecule has 2 aliphatic heterocycles. The predicted octanol–water partition coefficient (Wildman–Crippen LogP) is 1.95. The minimum absolute atomic E-state index is 0.218. The third-order valence-electron chi connectivity index (χ3n) is 4.80. The molecule has 0 N–H and O–H groups in total. The highest BCUT2D eigenvalue weighted by atomic mass is 16.5. The fraction of sp³-hybridized carbons (Fsp3) is 0.632. The largest absolute Gasteiger partial charge is 0.494 e. The number of carbonyl (C=O) groups is 1. The summed E-state index contributed by atoms with van der Waals surface area (Å²) in [5, 5.41) is 0. The van der Waals surface area contributed by atoms with Gasteiger partial charge in [0.2, 0.25) is 5.91 Å². The number of hydrogen-bond acceptors (Lipinski definition) is 4. The summed E-state index contributed by atoms with van der Waals surface area (Å²) in [5.41, 5.74) is 1.05. The molecule has 132 valence electrons. The summed E-state index contributed by atoms with van der Waals surface area (Å²) in [4.78, 5) is 16.9. The standard InChI is InChI=1S/C19H28N2O3/c1-2-23-17-7-5-16(6-8-17)14-19(22)21-11-9-20(10-12-21)15-18-4-3-13-24-18/h5-8,18H,2-4,9-15H2,1H3. The van der Waals surface area contributed by atoms with Crippen molar-refractivity contribution in [2.45, 2.75) is 32.3 Å². The third-order valence-corrected chi connectivity index (χ3v) is 4.80. The zero-order valence-electron chi connectivity index (χ0n) is 14.6. The number of benzene rings is 1. The molecule has 5 heteroatoms. The molecule has 0 saturated carbocycles. The Labute approximate surface area is 144 Å². The maximum atomic E-state index is 12.5. The lowest BCUT2D eigenvalue weighted by atomic mass is 10.1. The number of carbonyl (C=O) groups excluding carboxylic acids is 1. The zero-order chi connectivity index (χ0) is 16.8. The van der Waals surface area contributed by atoms with E-state index in [1.807, 2.05) is 36.1 Å². The van der Waals surface area contributed by atoms with Crippen LogP contribution in [0.4, 0.5) is 0 Å². The van der Waals surface area contributed by atoms with Gasteiger partial charge in [0.15, 0.2) is 0 Å². The molecule has 2 aliphatic rings. The van der Waals surface area contributed by atoms with Crippen LogP contribution in [-0.4, -0.2) is 67.7 Å². The first kappa shape index (κ1) is 17.2. The van der Waals surface area contributed by atoms with Gasteiger partial charge in [-0.15, -0.1) is 0 Å². The Morgan fingerprint density at radius 2 is 1.96 bits per heavy atom. The lowest BCUT2D eigenvalue weighted by Crippen LogP contribution is -2.50. The van der Waals surface area contributed by atoms with Crippen molar-refractivity contribution in [1.29, 1.82) is 0 Å². The smallest absolute Gasteiger partial charge is 0.227 e. The Morgan fingerprint density at radius 3 is 2.58 bits per heavy atom. The van der Waals surface area contributed by atoms with Crippen LogP contribution in [0.3, 0.4) is 0 Å². The first-order valence-corrected chi connectivity index (χ1v) is 9.08. The van der Waals surface area contributed by atoms with Gasteiger partial charge in [0.25, 0.3) is 0 Å². The molecule has 0 spiro atoms. The monoisotopic (exact) mass is 332 g/mol. The minimum atomic E-state index is 0.218. The van der Waals surface area contributed by atoms with Gasteiger partial charge < -0.3 is 14.4 Å². The van der Waals surface area contributed by atoms with E-state index < -0.39 is 0 Å². The van der Waals surface area contributed by atoms with Crippen LogP contribution in [0.1, 0.15) is 25.3 Å². The van der Waals surface area contributed by atoms with E-state index in [1.54, 1.807) is 0 Å². The Balaban J connectivity index is 1.42. The first-order chi connectivity index (χ1) is 11.7. The molecule has 1 aromatic rings. The summed E-state index contributed by atoms with van der Waals surface area (Å²) in [5.74, 6) is 1.08. The van der Waals surface area contributed by atoms with Crippen LogP contribution in [0.5, 0.6) is 5.75 Å². The molecule has 0 aliphatic carbocycles. The summed E-state index contributed by atoms with van der Waals surface area (Å²) in [6.45, 7) is 8.10. The summed E-state index contributed by atoms with van der Waals surface area (Å²) in [6.07, 6.45) is 3.23. The van der Waals surface area contributed by atoms with E-state index in [4.69, 9.17) is 9.47 Å². The second kappa shape index (κ2) is 8.49. The van der Waals surface area contributed by atoms with Crippen LogP contribution in [0, 0.1) is 0 Å². The molecule has 0 aromatic heterocycles. The van der Waals surface area contributed by atoms with Crippen LogP contribution >= 0.6 is 0 Å². The van der Waals surface area contributed by atoms with E-state index in [2.05, 4.69) is 4.90 Å². The van der Waals surface area contributed by atoms with Crippen molar-refractivity contribution in [1.82, 2.24) is 9.80 Å². The van der Waals surface area contributed by atoms with Gasteiger partial charge in [0, 0.05) is 39.3 Å². The summed E-state index contributed by atoms with van der Waals surface area (Å²) >= 11 is 0. The quantitative estimate of drug-likeness (QED) is 0.798. The van der Waals surface area contributed by atoms with Gasteiger partial charge in [-0.3, -0.25) is 9.69 Å². The topological polar surface area (TPSA) is 42.0 Å². The maximum absolute atomic E-state index is 12.5. The molecule has 1 amide bonds. The van der Waals surface area contributed by atoms with Gasteiger partial charge in [-0.1, -0.05) is 12.1 Å². The van der Waals surface area contributed by atoms with Crippen molar-refractivity contribution in [2.75, 3.05) is 45.9 Å². The molecular weight excluding hydrogens is 304 g/mol. The number of hydrogen-bond donors (Lipinski definition) is 0. The van der Waals surface area contributed by atoms with Crippen LogP contribution in [-0.2, 0) is 16.0 Å². The lowest BCUT2D eigenvalue weighted by molar-refractivity contribution is -0.132. The molecule has 3 rings (SSSR count). The number of amides is 1. The minimum Gasteiger partial charge on any atom is -0.494 e. The fourth-order valence-electron chi connectivity index (χ4n) is 3.41. The van der Waals surface area contributed by atoms with E-state index in [-0.39, 0.29) is 5.91 Å². The van der Waals surface area contributed by atoms with E-state index >= 15 is 0 Å². The van der Waals surface area contributed by atoms with E-state index in [1.165, 1.54) is 12.8 Å². The number of rotatable bonds is 6. The van der Waals surface area contributed by atoms with Gasteiger partial charge in [0.05, 0.1) is 19.1 Å². The van der Waals surface area contributed by atoms with Crippen molar-refractivity contribution >= 4 is 5.91 Å². The Hall–Kier alpha value is -1.59. The van der Waals surface area contributed by atoms with Gasteiger partial charge in [-0.25, -0.2) is 0 Å². The highest BCUT2D eigenvalue weighted by Gasteiger charge is 2.24. The predicted molar refractivity (Wildman–Crippen MR) is 93.3 cm³/mol. The van der Waals surface area contributed by atoms with Crippen LogP contribution in [0.2, 0.25) is 0 Å². The van der Waals surface area contributed by atoms with E-state index in [0.29, 0.717) is 19.1 Å². The fourth-order valence-corrected chi connectivity index (χ4v) is 3.41. The molecule has 2 saturated heterocycles. The average Bonchev–Trinajstić information content (AvgIpc) is 3.10. The van der Waals surface area contributed by atoms with E-state index in [0.717, 1.165) is 50.6 Å². The van der Waals surface area contributed by atoms with Crippen LogP contribution in [0.15, 0.2) is 24.3 Å². The van der Waals surface area contributed by atoms with Crippen LogP contribution in [0.25, 0.3) is 0 Å². The molecule has 1 atom stereocenters. The van der Waals surface area contributed by atoms with Gasteiger partial charge >= 0.3 is 0 Å². The van der Waals surface area contributed by atoms with E-state index in [9.17, 15) is 4.79 Å². The van der Waals surface area contributed by atoms with Gasteiger partial charge in [0.1, 0.15) is 5.75 Å². The number of ether oxygens (including phenoxy) is 2. The van der Waals surface area contributed by atoms with Crippen molar-refractivity contribution in [3.05, 3.63) is 29.8 Å².